The SMILES string of the molecule is C=CCc1cc(OCC)ccc1OC(F)(F)C(=O)OCC. The number of alkyl halides is 2. The first-order chi connectivity index (χ1) is 9.94. The number of hydrogen-bond donors (Lipinski definition) is 0. The molecule has 4 nitrogen and oxygen atoms in total. The number of ether oxygens (including phenoxy) is 3. The average molecular weight is 300 g/mol. The van der Waals surface area contributed by atoms with Gasteiger partial charge in [-0.15, -0.1) is 6.58 Å². The van der Waals surface area contributed by atoms with E-state index in [0.717, 1.165) is 0 Å². The van der Waals surface area contributed by atoms with Crippen LogP contribution in [0.5, 0.6) is 11.5 Å². The molecule has 0 heterocycles. The lowest BCUT2D eigenvalue weighted by molar-refractivity contribution is -0.216. The minimum atomic E-state index is -4.04. The lowest BCUT2D eigenvalue weighted by atomic mass is 10.1. The van der Waals surface area contributed by atoms with Crippen LogP contribution in [0.4, 0.5) is 8.78 Å². The Labute approximate surface area is 122 Å². The Morgan fingerprint density at radius 3 is 2.62 bits per heavy atom. The number of hydrogen-bond acceptors (Lipinski definition) is 4. The van der Waals surface area contributed by atoms with Crippen LogP contribution in [0.2, 0.25) is 0 Å². The first kappa shape index (κ1) is 16.9. The summed E-state index contributed by atoms with van der Waals surface area (Å²) in [6, 6.07) is 4.39. The van der Waals surface area contributed by atoms with E-state index in [9.17, 15) is 13.6 Å². The topological polar surface area (TPSA) is 44.8 Å². The summed E-state index contributed by atoms with van der Waals surface area (Å²) in [5.74, 6) is -1.30. The number of carbonyl (C=O) groups excluding carboxylic acids is 1. The van der Waals surface area contributed by atoms with E-state index in [0.29, 0.717) is 24.3 Å². The number of esters is 1. The molecule has 0 amide bonds. The molecule has 0 aromatic heterocycles. The van der Waals surface area contributed by atoms with Gasteiger partial charge in [0.1, 0.15) is 11.5 Å². The van der Waals surface area contributed by atoms with E-state index < -0.39 is 12.1 Å². The fourth-order valence-corrected chi connectivity index (χ4v) is 1.62. The third kappa shape index (κ3) is 4.73. The molecule has 0 saturated carbocycles. The number of allylic oxidation sites excluding steroid dienone is 1. The van der Waals surface area contributed by atoms with Crippen LogP contribution in [0.15, 0.2) is 30.9 Å². The second kappa shape index (κ2) is 7.61. The first-order valence-electron chi connectivity index (χ1n) is 6.55. The molecule has 0 N–H and O–H groups in total. The van der Waals surface area contributed by atoms with Gasteiger partial charge >= 0.3 is 12.1 Å². The van der Waals surface area contributed by atoms with E-state index in [1.54, 1.807) is 12.1 Å². The van der Waals surface area contributed by atoms with E-state index in [2.05, 4.69) is 16.1 Å². The number of halogens is 2. The van der Waals surface area contributed by atoms with Gasteiger partial charge in [-0.1, -0.05) is 6.08 Å². The summed E-state index contributed by atoms with van der Waals surface area (Å²) in [6.07, 6.45) is -2.20. The molecular formula is C15H18F2O4. The van der Waals surface area contributed by atoms with Crippen molar-refractivity contribution in [3.63, 3.8) is 0 Å². The van der Waals surface area contributed by atoms with Crippen LogP contribution >= 0.6 is 0 Å². The van der Waals surface area contributed by atoms with Crippen molar-refractivity contribution in [1.82, 2.24) is 0 Å². The van der Waals surface area contributed by atoms with Crippen LogP contribution in [0.25, 0.3) is 0 Å². The van der Waals surface area contributed by atoms with E-state index in [4.69, 9.17) is 4.74 Å². The maximum Gasteiger partial charge on any atom is 0.502 e. The molecule has 116 valence electrons. The molecular weight excluding hydrogens is 282 g/mol. The van der Waals surface area contributed by atoms with Crippen LogP contribution in [-0.2, 0) is 16.0 Å². The molecule has 0 fully saturated rings. The molecule has 21 heavy (non-hydrogen) atoms. The molecule has 0 atom stereocenters. The fourth-order valence-electron chi connectivity index (χ4n) is 1.62. The van der Waals surface area contributed by atoms with Crippen molar-refractivity contribution < 1.29 is 27.8 Å². The van der Waals surface area contributed by atoms with Crippen molar-refractivity contribution in [2.24, 2.45) is 0 Å². The number of carbonyl (C=O) groups is 1. The maximum atomic E-state index is 13.6. The third-order valence-corrected chi connectivity index (χ3v) is 2.46. The van der Waals surface area contributed by atoms with E-state index in [1.807, 2.05) is 6.92 Å². The molecule has 1 aromatic carbocycles. The first-order valence-corrected chi connectivity index (χ1v) is 6.55. The van der Waals surface area contributed by atoms with Crippen molar-refractivity contribution in [2.45, 2.75) is 26.4 Å². The molecule has 0 radical (unpaired) electrons. The highest BCUT2D eigenvalue weighted by Crippen LogP contribution is 2.30. The number of benzene rings is 1. The Bertz CT molecular complexity index is 500. The second-order valence-corrected chi connectivity index (χ2v) is 4.03. The van der Waals surface area contributed by atoms with Crippen molar-refractivity contribution in [3.05, 3.63) is 36.4 Å². The monoisotopic (exact) mass is 300 g/mol. The van der Waals surface area contributed by atoms with Gasteiger partial charge in [0, 0.05) is 5.56 Å². The van der Waals surface area contributed by atoms with Crippen LogP contribution in [0.3, 0.4) is 0 Å². The summed E-state index contributed by atoms with van der Waals surface area (Å²) in [7, 11) is 0. The standard InChI is InChI=1S/C15H18F2O4/c1-4-7-11-10-12(19-5-2)8-9-13(11)21-15(16,17)14(18)20-6-3/h4,8-10H,1,5-7H2,2-3H3. The van der Waals surface area contributed by atoms with Gasteiger partial charge < -0.3 is 14.2 Å². The normalized spacial score (nSPS) is 10.9. The Balaban J connectivity index is 3.00. The van der Waals surface area contributed by atoms with E-state index in [1.165, 1.54) is 19.1 Å². The van der Waals surface area contributed by atoms with Gasteiger partial charge in [-0.3, -0.25) is 0 Å². The van der Waals surface area contributed by atoms with Crippen molar-refractivity contribution in [1.29, 1.82) is 0 Å². The lowest BCUT2D eigenvalue weighted by Crippen LogP contribution is -2.37. The van der Waals surface area contributed by atoms with Crippen molar-refractivity contribution in [3.8, 4) is 11.5 Å². The highest BCUT2D eigenvalue weighted by atomic mass is 19.3. The molecule has 0 spiro atoms. The average Bonchev–Trinajstić information content (AvgIpc) is 2.42. The summed E-state index contributed by atoms with van der Waals surface area (Å²) in [6.45, 7) is 7.11. The Morgan fingerprint density at radius 2 is 2.05 bits per heavy atom. The number of rotatable bonds is 8. The Hall–Kier alpha value is -2.11. The van der Waals surface area contributed by atoms with Crippen LogP contribution in [-0.4, -0.2) is 25.3 Å². The maximum absolute atomic E-state index is 13.6. The second-order valence-electron chi connectivity index (χ2n) is 4.03. The summed E-state index contributed by atoms with van der Waals surface area (Å²) in [5.41, 5.74) is 0.444. The largest absolute Gasteiger partial charge is 0.502 e. The molecule has 1 rings (SSSR count). The summed E-state index contributed by atoms with van der Waals surface area (Å²) >= 11 is 0. The van der Waals surface area contributed by atoms with Gasteiger partial charge in [0.25, 0.3) is 0 Å². The zero-order valence-corrected chi connectivity index (χ0v) is 12.0. The molecule has 0 aliphatic heterocycles. The highest BCUT2D eigenvalue weighted by molar-refractivity contribution is 5.76. The zero-order chi connectivity index (χ0) is 15.9. The Morgan fingerprint density at radius 1 is 1.33 bits per heavy atom. The van der Waals surface area contributed by atoms with Gasteiger partial charge in [-0.25, -0.2) is 4.79 Å². The minimum Gasteiger partial charge on any atom is -0.494 e. The van der Waals surface area contributed by atoms with Crippen LogP contribution in [0.1, 0.15) is 19.4 Å². The molecule has 0 saturated heterocycles. The van der Waals surface area contributed by atoms with Gasteiger partial charge in [0.05, 0.1) is 13.2 Å². The molecule has 0 unspecified atom stereocenters. The molecule has 0 bridgehead atoms. The van der Waals surface area contributed by atoms with Crippen LogP contribution in [0, 0.1) is 0 Å². The van der Waals surface area contributed by atoms with Crippen LogP contribution < -0.4 is 9.47 Å². The van der Waals surface area contributed by atoms with Crippen molar-refractivity contribution in [2.75, 3.05) is 13.2 Å². The minimum absolute atomic E-state index is 0.114. The van der Waals surface area contributed by atoms with E-state index in [-0.39, 0.29) is 12.4 Å². The molecule has 0 aliphatic rings. The molecule has 1 aromatic rings. The zero-order valence-electron chi connectivity index (χ0n) is 12.0. The molecule has 6 heteroatoms. The summed E-state index contributed by atoms with van der Waals surface area (Å²) in [4.78, 5) is 11.2. The van der Waals surface area contributed by atoms with Gasteiger partial charge in [0.2, 0.25) is 0 Å². The summed E-state index contributed by atoms with van der Waals surface area (Å²) < 4.78 is 41.3. The smallest absolute Gasteiger partial charge is 0.494 e. The van der Waals surface area contributed by atoms with Gasteiger partial charge in [-0.2, -0.15) is 8.78 Å². The van der Waals surface area contributed by atoms with Gasteiger partial charge in [0.15, 0.2) is 0 Å². The fraction of sp³-hybridized carbons (Fsp3) is 0.400. The third-order valence-electron chi connectivity index (χ3n) is 2.46. The predicted octanol–water partition coefficient (Wildman–Crippen LogP) is 3.35. The lowest BCUT2D eigenvalue weighted by Gasteiger charge is -2.18. The van der Waals surface area contributed by atoms with Crippen molar-refractivity contribution >= 4 is 5.97 Å². The molecule has 0 aliphatic carbocycles. The quantitative estimate of drug-likeness (QED) is 0.545. The van der Waals surface area contributed by atoms with E-state index >= 15 is 0 Å². The summed E-state index contributed by atoms with van der Waals surface area (Å²) in [5, 5.41) is 0. The Kier molecular flexibility index (Phi) is 6.14. The van der Waals surface area contributed by atoms with Gasteiger partial charge in [-0.05, 0) is 38.5 Å². The highest BCUT2D eigenvalue weighted by Gasteiger charge is 2.44. The predicted molar refractivity (Wildman–Crippen MR) is 73.7 cm³/mol.